The normalized spacial score (nSPS) is 26.7. The number of nitrogens with zero attached hydrogens (tertiary/aromatic N) is 2. The summed E-state index contributed by atoms with van der Waals surface area (Å²) in [5.41, 5.74) is 1.16. The van der Waals surface area contributed by atoms with Crippen LogP contribution in [0.25, 0.3) is 0 Å². The van der Waals surface area contributed by atoms with E-state index in [4.69, 9.17) is 4.74 Å². The lowest BCUT2D eigenvalue weighted by atomic mass is 10.0. The number of anilines is 1. The number of halogens is 1. The zero-order valence-electron chi connectivity index (χ0n) is 10.2. The van der Waals surface area contributed by atoms with Crippen molar-refractivity contribution in [2.45, 2.75) is 38.4 Å². The predicted molar refractivity (Wildman–Crippen MR) is 64.5 cm³/mol. The lowest BCUT2D eigenvalue weighted by molar-refractivity contribution is 0.258. The van der Waals surface area contributed by atoms with E-state index in [1.165, 1.54) is 0 Å². The molecule has 0 aromatic carbocycles. The first kappa shape index (κ1) is 10.8. The molecule has 0 amide bonds. The van der Waals surface area contributed by atoms with Crippen molar-refractivity contribution in [3.05, 3.63) is 17.8 Å². The fraction of sp³-hybridized carbons (Fsp3) is 0.615. The van der Waals surface area contributed by atoms with Gasteiger partial charge in [0, 0.05) is 18.2 Å². The van der Waals surface area contributed by atoms with Gasteiger partial charge in [-0.25, -0.2) is 9.37 Å². The molecule has 1 unspecified atom stereocenters. The van der Waals surface area contributed by atoms with Crippen LogP contribution in [0.2, 0.25) is 0 Å². The van der Waals surface area contributed by atoms with E-state index in [9.17, 15) is 4.39 Å². The molecule has 1 aromatic rings. The zero-order valence-corrected chi connectivity index (χ0v) is 10.2. The van der Waals surface area contributed by atoms with Gasteiger partial charge < -0.3 is 9.64 Å². The number of fused-ring (bicyclic) bond motifs is 3. The van der Waals surface area contributed by atoms with E-state index in [1.54, 1.807) is 6.20 Å². The molecule has 1 saturated heterocycles. The van der Waals surface area contributed by atoms with E-state index in [-0.39, 0.29) is 6.04 Å². The summed E-state index contributed by atoms with van der Waals surface area (Å²) in [6, 6.07) is 2.15. The van der Waals surface area contributed by atoms with Crippen LogP contribution >= 0.6 is 0 Å². The van der Waals surface area contributed by atoms with Crippen molar-refractivity contribution >= 4 is 5.82 Å². The SMILES string of the molecule is CC(C)c1ccnc2c1OCC1C[C@H](F)CN21. The van der Waals surface area contributed by atoms with Gasteiger partial charge in [0.05, 0.1) is 12.6 Å². The van der Waals surface area contributed by atoms with Gasteiger partial charge in [-0.15, -0.1) is 0 Å². The third-order valence-corrected chi connectivity index (χ3v) is 3.59. The molecule has 2 aliphatic rings. The Hall–Kier alpha value is -1.32. The summed E-state index contributed by atoms with van der Waals surface area (Å²) in [4.78, 5) is 6.44. The summed E-state index contributed by atoms with van der Waals surface area (Å²) in [6.45, 7) is 5.30. The molecular weight excluding hydrogens is 219 g/mol. The number of rotatable bonds is 1. The predicted octanol–water partition coefficient (Wildman–Crippen LogP) is 2.51. The number of aromatic nitrogens is 1. The van der Waals surface area contributed by atoms with Gasteiger partial charge in [-0.3, -0.25) is 0 Å². The monoisotopic (exact) mass is 236 g/mol. The Morgan fingerprint density at radius 3 is 3.12 bits per heavy atom. The van der Waals surface area contributed by atoms with Gasteiger partial charge in [0.15, 0.2) is 11.6 Å². The van der Waals surface area contributed by atoms with Crippen LogP contribution in [0.5, 0.6) is 5.75 Å². The van der Waals surface area contributed by atoms with Crippen LogP contribution in [0, 0.1) is 0 Å². The fourth-order valence-corrected chi connectivity index (χ4v) is 2.72. The van der Waals surface area contributed by atoms with Gasteiger partial charge in [0.2, 0.25) is 0 Å². The van der Waals surface area contributed by atoms with Crippen LogP contribution in [0.4, 0.5) is 10.2 Å². The molecule has 3 heterocycles. The van der Waals surface area contributed by atoms with E-state index >= 15 is 0 Å². The van der Waals surface area contributed by atoms with Gasteiger partial charge in [-0.05, 0) is 12.0 Å². The molecule has 92 valence electrons. The van der Waals surface area contributed by atoms with Crippen LogP contribution < -0.4 is 9.64 Å². The second-order valence-electron chi connectivity index (χ2n) is 5.16. The van der Waals surface area contributed by atoms with Gasteiger partial charge in [-0.1, -0.05) is 13.8 Å². The molecule has 2 aliphatic heterocycles. The molecule has 0 aliphatic carbocycles. The number of ether oxygens (including phenoxy) is 1. The van der Waals surface area contributed by atoms with E-state index in [1.807, 2.05) is 6.07 Å². The highest BCUT2D eigenvalue weighted by atomic mass is 19.1. The lowest BCUT2D eigenvalue weighted by Gasteiger charge is -2.33. The molecule has 4 heteroatoms. The molecule has 0 spiro atoms. The molecular formula is C13H17FN2O. The molecule has 2 atom stereocenters. The van der Waals surface area contributed by atoms with Crippen molar-refractivity contribution in [1.82, 2.24) is 4.98 Å². The van der Waals surface area contributed by atoms with Crippen LogP contribution in [0.1, 0.15) is 31.7 Å². The number of hydrogen-bond donors (Lipinski definition) is 0. The Balaban J connectivity index is 2.04. The maximum atomic E-state index is 13.5. The summed E-state index contributed by atoms with van der Waals surface area (Å²) in [5.74, 6) is 2.08. The Labute approximate surface area is 101 Å². The van der Waals surface area contributed by atoms with E-state index in [0.717, 1.165) is 17.1 Å². The van der Waals surface area contributed by atoms with E-state index < -0.39 is 6.17 Å². The van der Waals surface area contributed by atoms with Gasteiger partial charge >= 0.3 is 0 Å². The highest BCUT2D eigenvalue weighted by Crippen LogP contribution is 2.41. The molecule has 1 fully saturated rings. The van der Waals surface area contributed by atoms with Crippen molar-refractivity contribution in [1.29, 1.82) is 0 Å². The molecule has 0 radical (unpaired) electrons. The molecule has 3 nitrogen and oxygen atoms in total. The Morgan fingerprint density at radius 2 is 2.35 bits per heavy atom. The second kappa shape index (κ2) is 3.86. The minimum atomic E-state index is -0.751. The van der Waals surface area contributed by atoms with Crippen molar-refractivity contribution in [3.8, 4) is 5.75 Å². The average molecular weight is 236 g/mol. The third kappa shape index (κ3) is 1.66. The smallest absolute Gasteiger partial charge is 0.172 e. The Bertz CT molecular complexity index is 435. The average Bonchev–Trinajstić information content (AvgIpc) is 2.68. The van der Waals surface area contributed by atoms with Crippen LogP contribution in [0.3, 0.4) is 0 Å². The standard InChI is InChI=1S/C13H17FN2O/c1-8(2)11-3-4-15-13-12(11)17-7-10-5-9(14)6-16(10)13/h3-4,8-10H,5-7H2,1-2H3/t9-,10?/m0/s1. The highest BCUT2D eigenvalue weighted by Gasteiger charge is 2.38. The first-order valence-electron chi connectivity index (χ1n) is 6.19. The molecule has 0 N–H and O–H groups in total. The highest BCUT2D eigenvalue weighted by molar-refractivity contribution is 5.60. The second-order valence-corrected chi connectivity index (χ2v) is 5.16. The first-order valence-corrected chi connectivity index (χ1v) is 6.19. The molecule has 17 heavy (non-hydrogen) atoms. The van der Waals surface area contributed by atoms with Crippen molar-refractivity contribution < 1.29 is 9.13 Å². The fourth-order valence-electron chi connectivity index (χ4n) is 2.72. The largest absolute Gasteiger partial charge is 0.487 e. The molecule has 0 saturated carbocycles. The summed E-state index contributed by atoms with van der Waals surface area (Å²) in [5, 5.41) is 0. The summed E-state index contributed by atoms with van der Waals surface area (Å²) >= 11 is 0. The lowest BCUT2D eigenvalue weighted by Crippen LogP contribution is -2.39. The van der Waals surface area contributed by atoms with Gasteiger partial charge in [0.25, 0.3) is 0 Å². The van der Waals surface area contributed by atoms with Crippen LogP contribution in [-0.2, 0) is 0 Å². The van der Waals surface area contributed by atoms with E-state index in [2.05, 4.69) is 23.7 Å². The third-order valence-electron chi connectivity index (χ3n) is 3.59. The van der Waals surface area contributed by atoms with E-state index in [0.29, 0.717) is 25.5 Å². The maximum absolute atomic E-state index is 13.5. The van der Waals surface area contributed by atoms with Crippen molar-refractivity contribution in [2.24, 2.45) is 0 Å². The quantitative estimate of drug-likeness (QED) is 0.749. The van der Waals surface area contributed by atoms with Crippen molar-refractivity contribution in [3.63, 3.8) is 0 Å². The van der Waals surface area contributed by atoms with Crippen LogP contribution in [0.15, 0.2) is 12.3 Å². The molecule has 0 bridgehead atoms. The minimum Gasteiger partial charge on any atom is -0.487 e. The summed E-state index contributed by atoms with van der Waals surface area (Å²) in [7, 11) is 0. The number of alkyl halides is 1. The molecule has 3 rings (SSSR count). The number of pyridine rings is 1. The summed E-state index contributed by atoms with van der Waals surface area (Å²) in [6.07, 6.45) is 1.61. The van der Waals surface area contributed by atoms with Gasteiger partial charge in [0.1, 0.15) is 12.8 Å². The Kier molecular flexibility index (Phi) is 2.45. The van der Waals surface area contributed by atoms with Crippen molar-refractivity contribution in [2.75, 3.05) is 18.1 Å². The zero-order chi connectivity index (χ0) is 12.0. The van der Waals surface area contributed by atoms with Crippen LogP contribution in [-0.4, -0.2) is 30.3 Å². The first-order chi connectivity index (χ1) is 8.16. The summed E-state index contributed by atoms with van der Waals surface area (Å²) < 4.78 is 19.3. The Morgan fingerprint density at radius 1 is 1.53 bits per heavy atom. The maximum Gasteiger partial charge on any atom is 0.172 e. The minimum absolute atomic E-state index is 0.160. The number of hydrogen-bond acceptors (Lipinski definition) is 3. The van der Waals surface area contributed by atoms with Gasteiger partial charge in [-0.2, -0.15) is 0 Å². The molecule has 1 aromatic heterocycles. The topological polar surface area (TPSA) is 25.4 Å².